The Kier molecular flexibility index (Phi) is 11.3. The summed E-state index contributed by atoms with van der Waals surface area (Å²) in [7, 11) is 0. The maximum absolute atomic E-state index is 11.7. The second-order valence-corrected chi connectivity index (χ2v) is 9.92. The summed E-state index contributed by atoms with van der Waals surface area (Å²) in [6.07, 6.45) is 6.15. The third-order valence-corrected chi connectivity index (χ3v) is 6.16. The van der Waals surface area contributed by atoms with Crippen molar-refractivity contribution in [3.05, 3.63) is 24.2 Å². The Labute approximate surface area is 220 Å². The van der Waals surface area contributed by atoms with Crippen LogP contribution in [0.15, 0.2) is 18.5 Å². The zero-order valence-electron chi connectivity index (χ0n) is 21.6. The number of aliphatic carboxylic acids is 2. The molecule has 13 heteroatoms. The fourth-order valence-electron chi connectivity index (χ4n) is 4.48. The Bertz CT molecular complexity index is 1090. The number of ether oxygens (including phenoxy) is 3. The van der Waals surface area contributed by atoms with E-state index >= 15 is 0 Å². The summed E-state index contributed by atoms with van der Waals surface area (Å²) < 4.78 is 18.3. The van der Waals surface area contributed by atoms with Crippen LogP contribution in [0.2, 0.25) is 0 Å². The molecule has 1 saturated carbocycles. The standard InChI is InChI=1S/C17H22N4O4.C7H12O4.CHN/c18-16-14-7-6-13(21(14)20-10-19-16)15-8-5-12(24-15)9-23-17(22)25-11-3-1-2-4-11;1-7(2,3-5(8)9)4-6(10)11;1-2/h6-7,10-12,15H,1-5,8-9H2,(H2,18,19,20);3-4H2,1-2H3,(H,8,9)(H,10,11);1H. The SMILES string of the molecule is C#N.CC(C)(CC(=O)O)CC(=O)O.Nc1ncnn2c(C3CCC(COC(=O)OC4CCCC4)O3)ccc12. The smallest absolute Gasteiger partial charge is 0.481 e. The van der Waals surface area contributed by atoms with Crippen LogP contribution in [-0.2, 0) is 23.8 Å². The first kappa shape index (κ1) is 30.3. The Balaban J connectivity index is 0.000000332. The van der Waals surface area contributed by atoms with Gasteiger partial charge in [-0.05, 0) is 56.1 Å². The van der Waals surface area contributed by atoms with Crippen molar-refractivity contribution in [2.24, 2.45) is 5.41 Å². The summed E-state index contributed by atoms with van der Waals surface area (Å²) in [5.41, 5.74) is 6.90. The predicted molar refractivity (Wildman–Crippen MR) is 134 cm³/mol. The Morgan fingerprint density at radius 2 is 1.76 bits per heavy atom. The lowest BCUT2D eigenvalue weighted by Crippen LogP contribution is -2.22. The number of carbonyl (C=O) groups is 3. The average Bonchev–Trinajstić information content (AvgIpc) is 3.59. The molecule has 1 aliphatic carbocycles. The van der Waals surface area contributed by atoms with E-state index in [0.717, 1.165) is 49.7 Å². The van der Waals surface area contributed by atoms with Crippen molar-refractivity contribution >= 4 is 29.4 Å². The fraction of sp³-hybridized carbons (Fsp3) is 0.600. The number of hydrogen-bond donors (Lipinski definition) is 3. The van der Waals surface area contributed by atoms with Crippen molar-refractivity contribution in [3.63, 3.8) is 0 Å². The number of aromatic nitrogens is 3. The van der Waals surface area contributed by atoms with Gasteiger partial charge in [-0.3, -0.25) is 9.59 Å². The summed E-state index contributed by atoms with van der Waals surface area (Å²) >= 11 is 0. The van der Waals surface area contributed by atoms with Gasteiger partial charge < -0.3 is 30.2 Å². The van der Waals surface area contributed by atoms with Crippen LogP contribution in [-0.4, -0.2) is 61.7 Å². The van der Waals surface area contributed by atoms with Gasteiger partial charge in [0.1, 0.15) is 30.7 Å². The summed E-state index contributed by atoms with van der Waals surface area (Å²) in [6, 6.07) is 3.83. The number of anilines is 1. The minimum Gasteiger partial charge on any atom is -0.481 e. The number of rotatable bonds is 8. The Morgan fingerprint density at radius 3 is 2.37 bits per heavy atom. The molecule has 2 aromatic heterocycles. The Morgan fingerprint density at radius 1 is 1.13 bits per heavy atom. The van der Waals surface area contributed by atoms with E-state index < -0.39 is 23.5 Å². The zero-order chi connectivity index (χ0) is 28.3. The zero-order valence-corrected chi connectivity index (χ0v) is 21.6. The monoisotopic (exact) mass is 533 g/mol. The van der Waals surface area contributed by atoms with Crippen LogP contribution in [0, 0.1) is 17.2 Å². The van der Waals surface area contributed by atoms with E-state index in [-0.39, 0.29) is 37.8 Å². The molecule has 4 rings (SSSR count). The molecule has 2 atom stereocenters. The third kappa shape index (κ3) is 9.19. The van der Waals surface area contributed by atoms with Crippen LogP contribution >= 0.6 is 0 Å². The number of carboxylic acid groups (broad SMARTS) is 2. The first-order valence-corrected chi connectivity index (χ1v) is 12.3. The molecule has 13 nitrogen and oxygen atoms in total. The van der Waals surface area contributed by atoms with Gasteiger partial charge in [0.15, 0.2) is 5.82 Å². The van der Waals surface area contributed by atoms with E-state index in [4.69, 9.17) is 35.4 Å². The van der Waals surface area contributed by atoms with Gasteiger partial charge in [-0.2, -0.15) is 5.10 Å². The highest BCUT2D eigenvalue weighted by Crippen LogP contribution is 2.34. The number of nitriles is 1. The van der Waals surface area contributed by atoms with Crippen LogP contribution in [0.5, 0.6) is 0 Å². The molecular weight excluding hydrogens is 498 g/mol. The van der Waals surface area contributed by atoms with E-state index in [1.54, 1.807) is 18.4 Å². The number of carbonyl (C=O) groups excluding carboxylic acids is 1. The summed E-state index contributed by atoms with van der Waals surface area (Å²) in [4.78, 5) is 36.1. The molecule has 0 spiro atoms. The van der Waals surface area contributed by atoms with E-state index in [2.05, 4.69) is 16.7 Å². The normalized spacial score (nSPS) is 19.1. The van der Waals surface area contributed by atoms with Gasteiger partial charge in [0.25, 0.3) is 0 Å². The fourth-order valence-corrected chi connectivity index (χ4v) is 4.48. The lowest BCUT2D eigenvalue weighted by molar-refractivity contribution is -0.142. The van der Waals surface area contributed by atoms with Crippen LogP contribution in [0.3, 0.4) is 0 Å². The second-order valence-electron chi connectivity index (χ2n) is 9.92. The van der Waals surface area contributed by atoms with E-state index in [1.165, 1.54) is 6.33 Å². The molecule has 2 fully saturated rings. The number of nitrogens with zero attached hydrogens (tertiary/aromatic N) is 4. The minimum atomic E-state index is -0.962. The van der Waals surface area contributed by atoms with Crippen LogP contribution < -0.4 is 5.73 Å². The summed E-state index contributed by atoms with van der Waals surface area (Å²) in [5.74, 6) is -1.48. The van der Waals surface area contributed by atoms with Crippen molar-refractivity contribution in [3.8, 4) is 6.57 Å². The molecule has 0 amide bonds. The molecule has 38 heavy (non-hydrogen) atoms. The third-order valence-electron chi connectivity index (χ3n) is 6.16. The molecule has 2 aliphatic rings. The molecule has 4 N–H and O–H groups in total. The van der Waals surface area contributed by atoms with Gasteiger partial charge in [-0.1, -0.05) is 13.8 Å². The molecule has 1 saturated heterocycles. The maximum atomic E-state index is 11.7. The second kappa shape index (κ2) is 14.1. The topological polar surface area (TPSA) is 199 Å². The first-order valence-electron chi connectivity index (χ1n) is 12.3. The van der Waals surface area contributed by atoms with Gasteiger partial charge in [-0.15, -0.1) is 0 Å². The van der Waals surface area contributed by atoms with Crippen molar-refractivity contribution in [2.45, 2.75) is 83.5 Å². The minimum absolute atomic E-state index is 0.0157. The highest BCUT2D eigenvalue weighted by atomic mass is 16.7. The Hall–Kier alpha value is -3.92. The average molecular weight is 534 g/mol. The highest BCUT2D eigenvalue weighted by molar-refractivity contribution is 5.71. The highest BCUT2D eigenvalue weighted by Gasteiger charge is 2.30. The lowest BCUT2D eigenvalue weighted by atomic mass is 9.86. The molecule has 2 unspecified atom stereocenters. The molecule has 0 bridgehead atoms. The molecular formula is C25H35N5O8. The molecule has 208 valence electrons. The molecule has 1 aliphatic heterocycles. The van der Waals surface area contributed by atoms with E-state index in [9.17, 15) is 14.4 Å². The van der Waals surface area contributed by atoms with Gasteiger partial charge in [0.05, 0.1) is 24.6 Å². The van der Waals surface area contributed by atoms with Crippen molar-refractivity contribution in [2.75, 3.05) is 12.3 Å². The quantitative estimate of drug-likeness (QED) is 0.416. The molecule has 0 radical (unpaired) electrons. The van der Waals surface area contributed by atoms with Crippen LogP contribution in [0.25, 0.3) is 5.52 Å². The van der Waals surface area contributed by atoms with E-state index in [1.807, 2.05) is 12.1 Å². The summed E-state index contributed by atoms with van der Waals surface area (Å²) in [5, 5.41) is 27.5. The predicted octanol–water partition coefficient (Wildman–Crippen LogP) is 3.73. The van der Waals surface area contributed by atoms with Gasteiger partial charge >= 0.3 is 18.1 Å². The maximum Gasteiger partial charge on any atom is 0.508 e. The lowest BCUT2D eigenvalue weighted by Gasteiger charge is -2.18. The number of nitrogens with two attached hydrogens (primary N) is 1. The van der Waals surface area contributed by atoms with Crippen molar-refractivity contribution in [1.29, 1.82) is 5.26 Å². The number of nitrogen functional groups attached to an aromatic ring is 1. The van der Waals surface area contributed by atoms with Gasteiger partial charge in [0, 0.05) is 6.57 Å². The van der Waals surface area contributed by atoms with Crippen LogP contribution in [0.1, 0.15) is 77.0 Å². The summed E-state index contributed by atoms with van der Waals surface area (Å²) in [6.45, 7) is 6.95. The van der Waals surface area contributed by atoms with Gasteiger partial charge in [0.2, 0.25) is 0 Å². The van der Waals surface area contributed by atoms with Crippen LogP contribution in [0.4, 0.5) is 10.6 Å². The number of fused-ring (bicyclic) bond motifs is 1. The number of hydrogen-bond acceptors (Lipinski definition) is 10. The largest absolute Gasteiger partial charge is 0.508 e. The van der Waals surface area contributed by atoms with Crippen molar-refractivity contribution < 1.29 is 38.8 Å². The molecule has 3 heterocycles. The number of carboxylic acids is 2. The molecule has 0 aromatic carbocycles. The van der Waals surface area contributed by atoms with Crippen molar-refractivity contribution in [1.82, 2.24) is 14.6 Å². The molecule has 2 aromatic rings. The van der Waals surface area contributed by atoms with Gasteiger partial charge in [-0.25, -0.2) is 19.6 Å². The first-order chi connectivity index (χ1) is 18.0. The van der Waals surface area contributed by atoms with E-state index in [0.29, 0.717) is 5.82 Å².